The average molecular weight is 267 g/mol. The molecule has 0 saturated carbocycles. The van der Waals surface area contributed by atoms with Gasteiger partial charge in [-0.1, -0.05) is 0 Å². The first-order valence-electron chi connectivity index (χ1n) is 5.48. The molecule has 1 aliphatic rings. The van der Waals surface area contributed by atoms with Crippen molar-refractivity contribution >= 4 is 5.95 Å². The summed E-state index contributed by atoms with van der Waals surface area (Å²) in [6.07, 6.45) is -3.81. The van der Waals surface area contributed by atoms with Gasteiger partial charge in [-0.25, -0.2) is 8.78 Å². The molecule has 9 heteroatoms. The second kappa shape index (κ2) is 4.71. The first kappa shape index (κ1) is 13.1. The maximum Gasteiger partial charge on any atom is 0.365 e. The SMILES string of the molecule is C[C@@H]1CN(c2n[nH]c(C(F)(F)C(F)F)n2)CCN1. The number of piperazine rings is 1. The molecule has 1 aliphatic heterocycles. The van der Waals surface area contributed by atoms with Gasteiger partial charge in [-0.2, -0.15) is 13.8 Å². The van der Waals surface area contributed by atoms with E-state index < -0.39 is 18.2 Å². The average Bonchev–Trinajstić information content (AvgIpc) is 2.78. The number of hydrogen-bond donors (Lipinski definition) is 2. The van der Waals surface area contributed by atoms with Gasteiger partial charge in [-0.05, 0) is 6.92 Å². The summed E-state index contributed by atoms with van der Waals surface area (Å²) in [5.74, 6) is -5.37. The van der Waals surface area contributed by atoms with Gasteiger partial charge in [-0.15, -0.1) is 5.10 Å². The lowest BCUT2D eigenvalue weighted by Crippen LogP contribution is -2.49. The van der Waals surface area contributed by atoms with Crippen LogP contribution in [0.5, 0.6) is 0 Å². The minimum absolute atomic E-state index is 0.0266. The minimum Gasteiger partial charge on any atom is -0.337 e. The van der Waals surface area contributed by atoms with Crippen LogP contribution in [0, 0.1) is 0 Å². The van der Waals surface area contributed by atoms with Crippen LogP contribution in [-0.4, -0.2) is 47.3 Å². The van der Waals surface area contributed by atoms with Crippen molar-refractivity contribution in [1.82, 2.24) is 20.5 Å². The highest BCUT2D eigenvalue weighted by molar-refractivity contribution is 5.30. The van der Waals surface area contributed by atoms with Crippen LogP contribution in [0.15, 0.2) is 0 Å². The minimum atomic E-state index is -4.30. The molecule has 5 nitrogen and oxygen atoms in total. The van der Waals surface area contributed by atoms with E-state index >= 15 is 0 Å². The van der Waals surface area contributed by atoms with Crippen molar-refractivity contribution in [2.75, 3.05) is 24.5 Å². The fraction of sp³-hybridized carbons (Fsp3) is 0.778. The molecule has 0 radical (unpaired) electrons. The Labute approximate surface area is 101 Å². The molecule has 2 rings (SSSR count). The fourth-order valence-corrected chi connectivity index (χ4v) is 1.76. The molecule has 2 N–H and O–H groups in total. The van der Waals surface area contributed by atoms with Crippen molar-refractivity contribution in [3.8, 4) is 0 Å². The normalized spacial score (nSPS) is 21.7. The van der Waals surface area contributed by atoms with Crippen LogP contribution in [0.1, 0.15) is 12.7 Å². The number of anilines is 1. The van der Waals surface area contributed by atoms with Crippen LogP contribution in [0.3, 0.4) is 0 Å². The van der Waals surface area contributed by atoms with Gasteiger partial charge in [0, 0.05) is 25.7 Å². The summed E-state index contributed by atoms with van der Waals surface area (Å²) in [6, 6.07) is 0.163. The van der Waals surface area contributed by atoms with Gasteiger partial charge in [0.1, 0.15) is 0 Å². The topological polar surface area (TPSA) is 56.8 Å². The van der Waals surface area contributed by atoms with E-state index in [0.717, 1.165) is 0 Å². The molecule has 0 amide bonds. The Hall–Kier alpha value is -1.38. The number of alkyl halides is 4. The zero-order valence-electron chi connectivity index (χ0n) is 9.63. The summed E-state index contributed by atoms with van der Waals surface area (Å²) in [7, 11) is 0. The van der Waals surface area contributed by atoms with E-state index in [1.54, 1.807) is 4.90 Å². The summed E-state index contributed by atoms with van der Waals surface area (Å²) in [5, 5.41) is 8.62. The van der Waals surface area contributed by atoms with Gasteiger partial charge in [0.05, 0.1) is 0 Å². The van der Waals surface area contributed by atoms with Crippen LogP contribution in [0.2, 0.25) is 0 Å². The number of H-pyrrole nitrogens is 1. The molecule has 18 heavy (non-hydrogen) atoms. The van der Waals surface area contributed by atoms with Crippen LogP contribution in [-0.2, 0) is 5.92 Å². The van der Waals surface area contributed by atoms with Crippen molar-refractivity contribution in [3.63, 3.8) is 0 Å². The predicted octanol–water partition coefficient (Wildman–Crippen LogP) is 0.960. The fourth-order valence-electron chi connectivity index (χ4n) is 1.76. The van der Waals surface area contributed by atoms with Gasteiger partial charge in [-0.3, -0.25) is 5.10 Å². The summed E-state index contributed by atoms with van der Waals surface area (Å²) in [5.41, 5.74) is 0. The monoisotopic (exact) mass is 267 g/mol. The maximum absolute atomic E-state index is 13.0. The Bertz CT molecular complexity index is 407. The highest BCUT2D eigenvalue weighted by atomic mass is 19.3. The largest absolute Gasteiger partial charge is 0.365 e. The van der Waals surface area contributed by atoms with E-state index in [9.17, 15) is 17.6 Å². The third-order valence-corrected chi connectivity index (χ3v) is 2.72. The summed E-state index contributed by atoms with van der Waals surface area (Å²) in [4.78, 5) is 5.13. The molecule has 0 aromatic carbocycles. The predicted molar refractivity (Wildman–Crippen MR) is 56.0 cm³/mol. The Morgan fingerprint density at radius 2 is 2.17 bits per heavy atom. The molecule has 0 spiro atoms. The molecule has 102 valence electrons. The standard InChI is InChI=1S/C9H13F4N5/c1-5-4-18(3-2-14-5)8-15-7(16-17-8)9(12,13)6(10)11/h5-6,14H,2-4H2,1H3,(H,15,16,17)/t5-/m1/s1. The zero-order chi connectivity index (χ0) is 13.3. The van der Waals surface area contributed by atoms with Crippen molar-refractivity contribution in [3.05, 3.63) is 5.82 Å². The van der Waals surface area contributed by atoms with E-state index in [4.69, 9.17) is 0 Å². The number of aromatic amines is 1. The highest BCUT2D eigenvalue weighted by Gasteiger charge is 2.46. The molecule has 1 aromatic rings. The first-order chi connectivity index (χ1) is 8.41. The Kier molecular flexibility index (Phi) is 3.42. The van der Waals surface area contributed by atoms with Gasteiger partial charge < -0.3 is 10.2 Å². The molecule has 0 unspecified atom stereocenters. The van der Waals surface area contributed by atoms with Crippen molar-refractivity contribution in [1.29, 1.82) is 0 Å². The molecule has 0 bridgehead atoms. The second-order valence-corrected chi connectivity index (χ2v) is 4.21. The second-order valence-electron chi connectivity index (χ2n) is 4.21. The van der Waals surface area contributed by atoms with Crippen molar-refractivity contribution < 1.29 is 17.6 Å². The summed E-state index contributed by atoms with van der Waals surface area (Å²) >= 11 is 0. The first-order valence-corrected chi connectivity index (χ1v) is 5.48. The molecule has 1 fully saturated rings. The maximum atomic E-state index is 13.0. The van der Waals surface area contributed by atoms with Crippen LogP contribution in [0.25, 0.3) is 0 Å². The van der Waals surface area contributed by atoms with Gasteiger partial charge in [0.15, 0.2) is 0 Å². The number of nitrogens with zero attached hydrogens (tertiary/aromatic N) is 3. The van der Waals surface area contributed by atoms with Crippen LogP contribution in [0.4, 0.5) is 23.5 Å². The smallest absolute Gasteiger partial charge is 0.337 e. The number of aromatic nitrogens is 3. The van der Waals surface area contributed by atoms with Gasteiger partial charge in [0.2, 0.25) is 11.8 Å². The molecule has 2 heterocycles. The zero-order valence-corrected chi connectivity index (χ0v) is 9.63. The Morgan fingerprint density at radius 1 is 1.44 bits per heavy atom. The Balaban J connectivity index is 2.15. The third-order valence-electron chi connectivity index (χ3n) is 2.72. The molecule has 0 aliphatic carbocycles. The Morgan fingerprint density at radius 3 is 2.78 bits per heavy atom. The molecule has 1 atom stereocenters. The molecule has 1 aromatic heterocycles. The van der Waals surface area contributed by atoms with Gasteiger partial charge >= 0.3 is 12.3 Å². The number of rotatable bonds is 3. The van der Waals surface area contributed by atoms with Crippen LogP contribution < -0.4 is 10.2 Å². The van der Waals surface area contributed by atoms with Crippen LogP contribution >= 0.6 is 0 Å². The lowest BCUT2D eigenvalue weighted by Gasteiger charge is -2.30. The van der Waals surface area contributed by atoms with E-state index in [1.807, 2.05) is 12.0 Å². The van der Waals surface area contributed by atoms with E-state index in [0.29, 0.717) is 19.6 Å². The van der Waals surface area contributed by atoms with E-state index in [-0.39, 0.29) is 12.0 Å². The highest BCUT2D eigenvalue weighted by Crippen LogP contribution is 2.32. The van der Waals surface area contributed by atoms with Gasteiger partial charge in [0.25, 0.3) is 0 Å². The number of hydrogen-bond acceptors (Lipinski definition) is 4. The number of halogens is 4. The lowest BCUT2D eigenvalue weighted by molar-refractivity contribution is -0.140. The van der Waals surface area contributed by atoms with E-state index in [2.05, 4.69) is 15.4 Å². The molecule has 1 saturated heterocycles. The number of nitrogens with one attached hydrogen (secondary N) is 2. The van der Waals surface area contributed by atoms with Crippen molar-refractivity contribution in [2.24, 2.45) is 0 Å². The van der Waals surface area contributed by atoms with E-state index in [1.165, 1.54) is 0 Å². The lowest BCUT2D eigenvalue weighted by atomic mass is 10.2. The third kappa shape index (κ3) is 2.40. The summed E-state index contributed by atoms with van der Waals surface area (Å²) < 4.78 is 50.3. The molecular weight excluding hydrogens is 254 g/mol. The quantitative estimate of drug-likeness (QED) is 0.801. The summed E-state index contributed by atoms with van der Waals surface area (Å²) in [6.45, 7) is 3.67. The van der Waals surface area contributed by atoms with Crippen molar-refractivity contribution in [2.45, 2.75) is 25.3 Å². The molecular formula is C9H13F4N5.